The summed E-state index contributed by atoms with van der Waals surface area (Å²) in [7, 11) is 0. The number of allylic oxidation sites excluding steroid dienone is 9. The molecule has 452 valence electrons. The van der Waals surface area contributed by atoms with Gasteiger partial charge < -0.3 is 89.9 Å². The zero-order valence-electron chi connectivity index (χ0n) is 46.9. The van der Waals surface area contributed by atoms with Crippen LogP contribution in [0.4, 0.5) is 0 Å². The average Bonchev–Trinajstić information content (AvgIpc) is 3.45. The fourth-order valence-electron chi connectivity index (χ4n) is 9.71. The highest BCUT2D eigenvalue weighted by molar-refractivity contribution is 5.76. The first-order chi connectivity index (χ1) is 37.8. The Hall–Kier alpha value is -2.51. The maximum Gasteiger partial charge on any atom is 0.220 e. The second-order valence-corrected chi connectivity index (χ2v) is 21.1. The van der Waals surface area contributed by atoms with E-state index in [1.54, 1.807) is 6.08 Å². The van der Waals surface area contributed by atoms with Gasteiger partial charge in [-0.15, -0.1) is 0 Å². The molecule has 3 rings (SSSR count). The number of carbonyl (C=O) groups excluding carboxylic acids is 1. The number of hydrogen-bond donors (Lipinski definition) is 12. The van der Waals surface area contributed by atoms with Crippen molar-refractivity contribution in [1.29, 1.82) is 0 Å². The molecule has 0 saturated carbocycles. The van der Waals surface area contributed by atoms with Gasteiger partial charge in [-0.1, -0.05) is 171 Å². The molecule has 0 radical (unpaired) electrons. The number of rotatable bonds is 42. The highest BCUT2D eigenvalue weighted by Crippen LogP contribution is 2.33. The molecule has 0 bridgehead atoms. The van der Waals surface area contributed by atoms with E-state index < -0.39 is 124 Å². The predicted octanol–water partition coefficient (Wildman–Crippen LogP) is 4.87. The molecular formula is C59H103NO18. The van der Waals surface area contributed by atoms with Crippen LogP contribution >= 0.6 is 0 Å². The van der Waals surface area contributed by atoms with Crippen LogP contribution in [0.2, 0.25) is 0 Å². The van der Waals surface area contributed by atoms with Crippen LogP contribution in [-0.2, 0) is 33.2 Å². The van der Waals surface area contributed by atoms with E-state index in [1.807, 2.05) is 6.08 Å². The minimum absolute atomic E-state index is 0.224. The SMILES string of the molecule is CC/C=C\C/C=C\C/C=C\C/C=C\CCCCCCCCC(=O)NC(COC1OC(CO)C(OC2OC(CO)C(OC3OC(CO)C(O)C(O)C3O)C(O)C2O)C(O)C1O)C(O)/C=C/CCCCCCCCCCCCCC. The van der Waals surface area contributed by atoms with Crippen molar-refractivity contribution >= 4 is 5.91 Å². The van der Waals surface area contributed by atoms with Gasteiger partial charge >= 0.3 is 0 Å². The summed E-state index contributed by atoms with van der Waals surface area (Å²) in [5, 5.41) is 120. The van der Waals surface area contributed by atoms with Crippen molar-refractivity contribution in [1.82, 2.24) is 5.32 Å². The van der Waals surface area contributed by atoms with Gasteiger partial charge in [0.05, 0.1) is 38.6 Å². The van der Waals surface area contributed by atoms with E-state index in [2.05, 4.69) is 67.8 Å². The number of nitrogens with one attached hydrogen (secondary N) is 1. The molecule has 17 atom stereocenters. The van der Waals surface area contributed by atoms with Gasteiger partial charge in [-0.25, -0.2) is 0 Å². The van der Waals surface area contributed by atoms with Crippen LogP contribution < -0.4 is 5.32 Å². The topological polar surface area (TPSA) is 307 Å². The Morgan fingerprint density at radius 2 is 0.885 bits per heavy atom. The second-order valence-electron chi connectivity index (χ2n) is 21.1. The molecule has 0 spiro atoms. The number of unbranched alkanes of at least 4 members (excludes halogenated alkanes) is 18. The molecule has 78 heavy (non-hydrogen) atoms. The summed E-state index contributed by atoms with van der Waals surface area (Å²) in [5.74, 6) is -0.293. The van der Waals surface area contributed by atoms with Gasteiger partial charge in [0.1, 0.15) is 73.2 Å². The molecule has 0 aromatic heterocycles. The van der Waals surface area contributed by atoms with E-state index in [1.165, 1.54) is 57.8 Å². The third-order valence-electron chi connectivity index (χ3n) is 14.6. The fraction of sp³-hybridized carbons (Fsp3) is 0.814. The summed E-state index contributed by atoms with van der Waals surface area (Å²) in [6, 6.07) is -0.982. The quantitative estimate of drug-likeness (QED) is 0.0287. The fourth-order valence-corrected chi connectivity index (χ4v) is 9.71. The number of carbonyl (C=O) groups is 1. The van der Waals surface area contributed by atoms with E-state index in [0.29, 0.717) is 6.42 Å². The lowest BCUT2D eigenvalue weighted by molar-refractivity contribution is -0.379. The maximum absolute atomic E-state index is 13.3. The molecule has 19 nitrogen and oxygen atoms in total. The first-order valence-corrected chi connectivity index (χ1v) is 29.5. The third-order valence-corrected chi connectivity index (χ3v) is 14.6. The Labute approximate surface area is 465 Å². The Kier molecular flexibility index (Phi) is 37.9. The van der Waals surface area contributed by atoms with Crippen molar-refractivity contribution in [3.8, 4) is 0 Å². The van der Waals surface area contributed by atoms with Crippen molar-refractivity contribution in [2.75, 3.05) is 26.4 Å². The lowest BCUT2D eigenvalue weighted by Crippen LogP contribution is -2.66. The van der Waals surface area contributed by atoms with Crippen LogP contribution in [0.1, 0.15) is 174 Å². The lowest BCUT2D eigenvalue weighted by Gasteiger charge is -2.48. The summed E-state index contributed by atoms with van der Waals surface area (Å²) in [5.41, 5.74) is 0. The monoisotopic (exact) mass is 1110 g/mol. The van der Waals surface area contributed by atoms with Crippen LogP contribution in [-0.4, -0.2) is 193 Å². The summed E-state index contributed by atoms with van der Waals surface area (Å²) < 4.78 is 34.2. The average molecular weight is 1110 g/mol. The Balaban J connectivity index is 1.52. The number of aliphatic hydroxyl groups is 11. The predicted molar refractivity (Wildman–Crippen MR) is 295 cm³/mol. The van der Waals surface area contributed by atoms with Gasteiger partial charge in [0.2, 0.25) is 5.91 Å². The van der Waals surface area contributed by atoms with Crippen molar-refractivity contribution in [3.05, 3.63) is 60.8 Å². The van der Waals surface area contributed by atoms with Crippen LogP contribution in [0.15, 0.2) is 60.8 Å². The third kappa shape index (κ3) is 26.2. The summed E-state index contributed by atoms with van der Waals surface area (Å²) in [4.78, 5) is 13.3. The van der Waals surface area contributed by atoms with Crippen LogP contribution in [0, 0.1) is 0 Å². The Morgan fingerprint density at radius 1 is 0.474 bits per heavy atom. The lowest BCUT2D eigenvalue weighted by atomic mass is 9.96. The van der Waals surface area contributed by atoms with Gasteiger partial charge in [0.25, 0.3) is 0 Å². The molecule has 3 aliphatic rings. The minimum Gasteiger partial charge on any atom is -0.394 e. The van der Waals surface area contributed by atoms with E-state index >= 15 is 0 Å². The highest BCUT2D eigenvalue weighted by atomic mass is 16.8. The summed E-state index contributed by atoms with van der Waals surface area (Å²) >= 11 is 0. The standard InChI is InChI=1S/C59H103NO18/c1-3-5-7-9-11-13-15-17-19-20-21-22-23-25-27-29-31-33-35-37-47(65)60-42(43(64)36-34-32-30-28-26-24-18-16-14-12-10-8-6-4-2)41-73-57-53(71)50(68)55(45(39-62)75-57)78-59-54(72)51(69)56(46(40-63)76-59)77-58-52(70)49(67)48(66)44(38-61)74-58/h5,7,11,13,17,19,21-22,34,36,42-46,48-59,61-64,66-72H,3-4,6,8-10,12,14-16,18,20,23-33,35,37-41H2,1-2H3,(H,60,65)/b7-5-,13-11-,19-17-,22-21-,36-34+. The van der Waals surface area contributed by atoms with E-state index in [9.17, 15) is 61.0 Å². The first kappa shape index (κ1) is 69.8. The second kappa shape index (κ2) is 42.3. The maximum atomic E-state index is 13.3. The molecule has 3 saturated heterocycles. The van der Waals surface area contributed by atoms with E-state index in [0.717, 1.165) is 89.9 Å². The normalized spacial score (nSPS) is 30.9. The number of aliphatic hydroxyl groups excluding tert-OH is 11. The Morgan fingerprint density at radius 3 is 1.38 bits per heavy atom. The molecule has 0 aromatic carbocycles. The van der Waals surface area contributed by atoms with E-state index in [4.69, 9.17) is 28.4 Å². The molecule has 17 unspecified atom stereocenters. The van der Waals surface area contributed by atoms with Gasteiger partial charge in [-0.2, -0.15) is 0 Å². The molecule has 0 aliphatic carbocycles. The van der Waals surface area contributed by atoms with Crippen LogP contribution in [0.3, 0.4) is 0 Å². The van der Waals surface area contributed by atoms with Gasteiger partial charge in [0.15, 0.2) is 18.9 Å². The molecule has 1 amide bonds. The zero-order chi connectivity index (χ0) is 56.9. The zero-order valence-corrected chi connectivity index (χ0v) is 46.9. The van der Waals surface area contributed by atoms with Crippen molar-refractivity contribution in [3.63, 3.8) is 0 Å². The summed E-state index contributed by atoms with van der Waals surface area (Å²) in [6.07, 6.45) is 20.5. The van der Waals surface area contributed by atoms with Crippen LogP contribution in [0.5, 0.6) is 0 Å². The van der Waals surface area contributed by atoms with Crippen molar-refractivity contribution in [2.45, 2.75) is 279 Å². The molecule has 12 N–H and O–H groups in total. The number of amides is 1. The Bertz CT molecular complexity index is 1660. The molecule has 3 aliphatic heterocycles. The molecule has 0 aromatic rings. The smallest absolute Gasteiger partial charge is 0.220 e. The summed E-state index contributed by atoms with van der Waals surface area (Å²) in [6.45, 7) is 1.57. The van der Waals surface area contributed by atoms with Crippen molar-refractivity contribution in [2.24, 2.45) is 0 Å². The molecule has 19 heteroatoms. The van der Waals surface area contributed by atoms with Gasteiger partial charge in [0, 0.05) is 6.42 Å². The molecule has 3 fully saturated rings. The first-order valence-electron chi connectivity index (χ1n) is 29.5. The molecule has 3 heterocycles. The van der Waals surface area contributed by atoms with Crippen molar-refractivity contribution < 1.29 is 89.4 Å². The highest BCUT2D eigenvalue weighted by Gasteiger charge is 2.53. The van der Waals surface area contributed by atoms with E-state index in [-0.39, 0.29) is 18.9 Å². The van der Waals surface area contributed by atoms with Gasteiger partial charge in [-0.05, 0) is 57.8 Å². The van der Waals surface area contributed by atoms with Crippen LogP contribution in [0.25, 0.3) is 0 Å². The number of ether oxygens (including phenoxy) is 6. The number of hydrogen-bond acceptors (Lipinski definition) is 18. The molecular weight excluding hydrogens is 1010 g/mol. The minimum atomic E-state index is -1.98. The van der Waals surface area contributed by atoms with Gasteiger partial charge in [-0.3, -0.25) is 4.79 Å². The largest absolute Gasteiger partial charge is 0.394 e.